The van der Waals surface area contributed by atoms with Crippen LogP contribution >= 0.6 is 0 Å². The van der Waals surface area contributed by atoms with Crippen LogP contribution in [0.4, 0.5) is 0 Å². The predicted octanol–water partition coefficient (Wildman–Crippen LogP) is 0.750. The smallest absolute Gasteiger partial charge is 0.117 e. The van der Waals surface area contributed by atoms with E-state index >= 15 is 0 Å². The van der Waals surface area contributed by atoms with Gasteiger partial charge in [0.1, 0.15) is 12.5 Å². The maximum absolute atomic E-state index is 4.48. The minimum absolute atomic E-state index is 1.46. The van der Waals surface area contributed by atoms with Gasteiger partial charge in [0, 0.05) is 0 Å². The first-order chi connectivity index (χ1) is 2.91. The zero-order valence-electron chi connectivity index (χ0n) is 3.97. The molecular formula is C4H8O2. The molecule has 0 aliphatic rings. The lowest BCUT2D eigenvalue weighted by molar-refractivity contribution is 0.284. The molecule has 0 aromatic heterocycles. The van der Waals surface area contributed by atoms with Crippen molar-refractivity contribution in [1.82, 2.24) is 0 Å². The molecule has 0 radical (unpaired) electrons. The lowest BCUT2D eigenvalue weighted by Crippen LogP contribution is -1.66. The molecule has 0 N–H and O–H groups in total. The van der Waals surface area contributed by atoms with E-state index in [1.807, 2.05) is 0 Å². The molecule has 2 heteroatoms. The third kappa shape index (κ3) is 3.34. The average Bonchev–Trinajstić information content (AvgIpc) is 1.61. The number of ether oxygens (including phenoxy) is 2. The van der Waals surface area contributed by atoms with E-state index in [4.69, 9.17) is 0 Å². The number of hydrogen-bond donors (Lipinski definition) is 0. The zero-order chi connectivity index (χ0) is 4.83. The molecule has 0 fully saturated rings. The summed E-state index contributed by atoms with van der Waals surface area (Å²) >= 11 is 0. The normalized spacial score (nSPS) is 9.00. The van der Waals surface area contributed by atoms with E-state index in [0.29, 0.717) is 0 Å². The Hall–Kier alpha value is -0.660. The number of rotatable bonds is 2. The summed E-state index contributed by atoms with van der Waals surface area (Å²) in [6.45, 7) is 0. The van der Waals surface area contributed by atoms with Crippen molar-refractivity contribution in [2.24, 2.45) is 0 Å². The van der Waals surface area contributed by atoms with Crippen LogP contribution in [0.25, 0.3) is 0 Å². The van der Waals surface area contributed by atoms with Crippen LogP contribution in [0.1, 0.15) is 0 Å². The van der Waals surface area contributed by atoms with Gasteiger partial charge in [-0.25, -0.2) is 0 Å². The van der Waals surface area contributed by atoms with Crippen molar-refractivity contribution in [3.05, 3.63) is 12.5 Å². The Morgan fingerprint density at radius 1 is 1.00 bits per heavy atom. The Kier molecular flexibility index (Phi) is 3.86. The van der Waals surface area contributed by atoms with Crippen LogP contribution in [0.5, 0.6) is 0 Å². The van der Waals surface area contributed by atoms with Gasteiger partial charge in [-0.3, -0.25) is 0 Å². The molecule has 0 unspecified atom stereocenters. The van der Waals surface area contributed by atoms with Crippen molar-refractivity contribution >= 4 is 0 Å². The zero-order valence-corrected chi connectivity index (χ0v) is 3.97. The largest absolute Gasteiger partial charge is 0.501 e. The summed E-state index contributed by atoms with van der Waals surface area (Å²) in [5, 5.41) is 0. The fraction of sp³-hybridized carbons (Fsp3) is 0.500. The molecule has 0 aromatic carbocycles. The summed E-state index contributed by atoms with van der Waals surface area (Å²) in [6.07, 6.45) is 2.92. The fourth-order valence-corrected chi connectivity index (χ4v) is 0.111. The topological polar surface area (TPSA) is 18.5 Å². The molecule has 0 atom stereocenters. The van der Waals surface area contributed by atoms with Crippen LogP contribution in [-0.2, 0) is 9.47 Å². The minimum atomic E-state index is 1.46. The second-order valence-electron chi connectivity index (χ2n) is 0.744. The van der Waals surface area contributed by atoms with Crippen molar-refractivity contribution in [1.29, 1.82) is 0 Å². The molecule has 6 heavy (non-hydrogen) atoms. The molecule has 0 rings (SSSR count). The van der Waals surface area contributed by atoms with Gasteiger partial charge in [-0.1, -0.05) is 0 Å². The van der Waals surface area contributed by atoms with Gasteiger partial charge in [0.15, 0.2) is 0 Å². The summed E-state index contributed by atoms with van der Waals surface area (Å²) < 4.78 is 8.95. The van der Waals surface area contributed by atoms with Crippen molar-refractivity contribution in [2.75, 3.05) is 14.2 Å². The van der Waals surface area contributed by atoms with E-state index in [0.717, 1.165) is 0 Å². The highest BCUT2D eigenvalue weighted by molar-refractivity contribution is 4.56. The van der Waals surface area contributed by atoms with Crippen LogP contribution in [0, 0.1) is 0 Å². The number of hydrogen-bond acceptors (Lipinski definition) is 2. The van der Waals surface area contributed by atoms with Gasteiger partial charge in [-0.2, -0.15) is 0 Å². The van der Waals surface area contributed by atoms with Crippen LogP contribution in [0.2, 0.25) is 0 Å². The van der Waals surface area contributed by atoms with Crippen LogP contribution in [0.3, 0.4) is 0 Å². The third-order valence-corrected chi connectivity index (χ3v) is 0.328. The summed E-state index contributed by atoms with van der Waals surface area (Å²) in [7, 11) is 3.13. The maximum Gasteiger partial charge on any atom is 0.117 e. The van der Waals surface area contributed by atoms with Gasteiger partial charge in [-0.15, -0.1) is 0 Å². The SMILES string of the molecule is CO/C=C\OC. The molecule has 0 bridgehead atoms. The summed E-state index contributed by atoms with van der Waals surface area (Å²) in [6, 6.07) is 0. The van der Waals surface area contributed by atoms with Crippen molar-refractivity contribution in [2.45, 2.75) is 0 Å². The first-order valence-electron chi connectivity index (χ1n) is 1.62. The Labute approximate surface area is 37.4 Å². The van der Waals surface area contributed by atoms with E-state index in [9.17, 15) is 0 Å². The predicted molar refractivity (Wildman–Crippen MR) is 23.2 cm³/mol. The second-order valence-corrected chi connectivity index (χ2v) is 0.744. The molecule has 0 saturated heterocycles. The first kappa shape index (κ1) is 5.34. The van der Waals surface area contributed by atoms with Crippen molar-refractivity contribution < 1.29 is 9.47 Å². The monoisotopic (exact) mass is 88.1 g/mol. The summed E-state index contributed by atoms with van der Waals surface area (Å²) in [5.41, 5.74) is 0. The van der Waals surface area contributed by atoms with Crippen LogP contribution in [0.15, 0.2) is 12.5 Å². The molecule has 36 valence electrons. The summed E-state index contributed by atoms with van der Waals surface area (Å²) in [5.74, 6) is 0. The lowest BCUT2D eigenvalue weighted by Gasteiger charge is -1.83. The number of methoxy groups -OCH3 is 2. The molecular weight excluding hydrogens is 80.0 g/mol. The third-order valence-electron chi connectivity index (χ3n) is 0.328. The van der Waals surface area contributed by atoms with Gasteiger partial charge < -0.3 is 9.47 Å². The quantitative estimate of drug-likeness (QED) is 0.464. The minimum Gasteiger partial charge on any atom is -0.501 e. The molecule has 2 nitrogen and oxygen atoms in total. The Bertz CT molecular complexity index is 34.8. The molecule has 0 aliphatic carbocycles. The molecule has 0 amide bonds. The second kappa shape index (κ2) is 4.34. The summed E-state index contributed by atoms with van der Waals surface area (Å²) in [4.78, 5) is 0. The van der Waals surface area contributed by atoms with E-state index in [1.54, 1.807) is 14.2 Å². The highest BCUT2D eigenvalue weighted by Gasteiger charge is 1.55. The lowest BCUT2D eigenvalue weighted by atomic mass is 11.0. The molecule has 0 saturated carbocycles. The van der Waals surface area contributed by atoms with Crippen LogP contribution in [-0.4, -0.2) is 14.2 Å². The van der Waals surface area contributed by atoms with Crippen molar-refractivity contribution in [3.8, 4) is 0 Å². The highest BCUT2D eigenvalue weighted by Crippen LogP contribution is 1.68. The fourth-order valence-electron chi connectivity index (χ4n) is 0.111. The Morgan fingerprint density at radius 2 is 1.33 bits per heavy atom. The van der Waals surface area contributed by atoms with Gasteiger partial charge >= 0.3 is 0 Å². The molecule has 0 heterocycles. The standard InChI is InChI=1S/C4H8O2/c1-5-3-4-6-2/h3-4H,1-2H3/b4-3-. The first-order valence-corrected chi connectivity index (χ1v) is 1.62. The molecule has 0 aromatic rings. The van der Waals surface area contributed by atoms with E-state index < -0.39 is 0 Å². The van der Waals surface area contributed by atoms with Gasteiger partial charge in [0.05, 0.1) is 14.2 Å². The van der Waals surface area contributed by atoms with Gasteiger partial charge in [-0.05, 0) is 0 Å². The van der Waals surface area contributed by atoms with Crippen molar-refractivity contribution in [3.63, 3.8) is 0 Å². The van der Waals surface area contributed by atoms with Crippen LogP contribution < -0.4 is 0 Å². The molecule has 0 spiro atoms. The Morgan fingerprint density at radius 3 is 1.50 bits per heavy atom. The van der Waals surface area contributed by atoms with Gasteiger partial charge in [0.25, 0.3) is 0 Å². The van der Waals surface area contributed by atoms with E-state index in [1.165, 1.54) is 12.5 Å². The van der Waals surface area contributed by atoms with E-state index in [-0.39, 0.29) is 0 Å². The van der Waals surface area contributed by atoms with E-state index in [2.05, 4.69) is 9.47 Å². The molecule has 0 aliphatic heterocycles. The highest BCUT2D eigenvalue weighted by atomic mass is 16.5. The Balaban J connectivity index is 2.73. The van der Waals surface area contributed by atoms with Gasteiger partial charge in [0.2, 0.25) is 0 Å². The average molecular weight is 88.1 g/mol. The maximum atomic E-state index is 4.48.